The number of hydrogen-bond donors (Lipinski definition) is 12. The predicted octanol–water partition coefficient (Wildman–Crippen LogP) is -11.9. The molecular weight excluding hydrogens is 258 g/mol. The van der Waals surface area contributed by atoms with Crippen molar-refractivity contribution in [2.75, 3.05) is 0 Å². The van der Waals surface area contributed by atoms with Gasteiger partial charge < -0.3 is 67.2 Å². The Labute approximate surface area is 116 Å². The van der Waals surface area contributed by atoms with Crippen LogP contribution in [0.3, 0.4) is 0 Å². The molecule has 18 heteroatoms. The second-order valence-corrected chi connectivity index (χ2v) is 1.39. The van der Waals surface area contributed by atoms with Crippen LogP contribution in [0.5, 0.6) is 0 Å². The third kappa shape index (κ3) is 33800. The topological polar surface area (TPSA) is 274 Å². The Morgan fingerprint density at radius 1 is 0.389 bits per heavy atom. The molecule has 0 atom stereocenters. The molecule has 0 bridgehead atoms. The minimum Gasteiger partial charge on any atom is -1.00 e. The zero-order chi connectivity index (χ0) is 14.3. The summed E-state index contributed by atoms with van der Waals surface area (Å²) in [4.78, 5) is 0. The molecule has 0 heterocycles. The van der Waals surface area contributed by atoms with Crippen molar-refractivity contribution in [2.45, 2.75) is 0 Å². The molecular formula is H15B4LiO13. The van der Waals surface area contributed by atoms with E-state index in [1.54, 1.807) is 0 Å². The fourth-order valence-corrected chi connectivity index (χ4v) is 0. The molecule has 106 valence electrons. The van der Waals surface area contributed by atoms with E-state index in [0.717, 1.165) is 0 Å². The van der Waals surface area contributed by atoms with Crippen LogP contribution >= 0.6 is 0 Å². The summed E-state index contributed by atoms with van der Waals surface area (Å²) >= 11 is 0. The predicted molar refractivity (Wildman–Crippen MR) is 54.4 cm³/mol. The minimum atomic E-state index is -2.17. The van der Waals surface area contributed by atoms with Gasteiger partial charge in [0.15, 0.2) is 0 Å². The maximum absolute atomic E-state index is 7.17. The SMILES string of the molecule is O.OB(O)O.OB(O)O.OB(O)O.OB(O)O.[H-].[Li+]. The molecule has 0 fully saturated rings. The first kappa shape index (κ1) is 36.2. The van der Waals surface area contributed by atoms with E-state index < -0.39 is 29.3 Å². The number of rotatable bonds is 0. The van der Waals surface area contributed by atoms with E-state index in [-0.39, 0.29) is 25.8 Å². The number of hydrogen-bond acceptors (Lipinski definition) is 12. The van der Waals surface area contributed by atoms with Crippen molar-refractivity contribution in [3.8, 4) is 0 Å². The molecule has 14 N–H and O–H groups in total. The van der Waals surface area contributed by atoms with E-state index in [0.29, 0.717) is 0 Å². The maximum atomic E-state index is 7.17. The summed E-state index contributed by atoms with van der Waals surface area (Å²) < 4.78 is 0. The normalized spacial score (nSPS) is 6.00. The molecule has 0 aliphatic carbocycles. The fraction of sp³-hybridized carbons (Fsp3) is 0. The van der Waals surface area contributed by atoms with Crippen molar-refractivity contribution < 1.29 is 86.1 Å². The summed E-state index contributed by atoms with van der Waals surface area (Å²) in [6.45, 7) is 0. The van der Waals surface area contributed by atoms with Gasteiger partial charge in [-0.3, -0.25) is 0 Å². The van der Waals surface area contributed by atoms with Crippen molar-refractivity contribution in [3.63, 3.8) is 0 Å². The molecule has 0 aliphatic heterocycles. The van der Waals surface area contributed by atoms with Gasteiger partial charge >= 0.3 is 48.1 Å². The van der Waals surface area contributed by atoms with Crippen molar-refractivity contribution in [3.05, 3.63) is 0 Å². The zero-order valence-corrected chi connectivity index (χ0v) is 9.18. The molecule has 0 aromatic carbocycles. The van der Waals surface area contributed by atoms with E-state index in [2.05, 4.69) is 0 Å². The van der Waals surface area contributed by atoms with E-state index in [9.17, 15) is 0 Å². The first-order chi connectivity index (χ1) is 6.93. The molecule has 0 aliphatic rings. The van der Waals surface area contributed by atoms with Gasteiger partial charge in [-0.05, 0) is 0 Å². The van der Waals surface area contributed by atoms with Crippen LogP contribution in [0.4, 0.5) is 0 Å². The van der Waals surface area contributed by atoms with Crippen LogP contribution in [0.15, 0.2) is 0 Å². The van der Waals surface area contributed by atoms with Crippen LogP contribution in [0.1, 0.15) is 1.43 Å². The summed E-state index contributed by atoms with van der Waals surface area (Å²) in [5.74, 6) is 0. The second kappa shape index (κ2) is 30.4. The third-order valence-electron chi connectivity index (χ3n) is 0. The quantitative estimate of drug-likeness (QED) is 0.183. The van der Waals surface area contributed by atoms with Gasteiger partial charge in [0, 0.05) is 0 Å². The molecule has 13 nitrogen and oxygen atoms in total. The minimum absolute atomic E-state index is 0. The fourth-order valence-electron chi connectivity index (χ4n) is 0. The molecule has 18 heavy (non-hydrogen) atoms. The molecule has 0 radical (unpaired) electrons. The van der Waals surface area contributed by atoms with Crippen LogP contribution in [-0.2, 0) is 0 Å². The van der Waals surface area contributed by atoms with E-state index in [1.165, 1.54) is 0 Å². The summed E-state index contributed by atoms with van der Waals surface area (Å²) in [6.07, 6.45) is 0. The first-order valence-corrected chi connectivity index (χ1v) is 3.10. The van der Waals surface area contributed by atoms with Gasteiger partial charge in [-0.25, -0.2) is 0 Å². The Balaban J connectivity index is -0.0000000192. The average Bonchev–Trinajstić information content (AvgIpc) is 1.76. The Kier molecular flexibility index (Phi) is 61.2. The molecule has 0 amide bonds. The standard InChI is InChI=1S/4BH3O3.Li.H2O.H/c4*2-1(3)4;;;/h4*2-4H;;1H2;/q;;;;+1;;-1. The van der Waals surface area contributed by atoms with Gasteiger partial charge in [-0.2, -0.15) is 0 Å². The summed E-state index contributed by atoms with van der Waals surface area (Å²) in [5, 5.41) is 86.0. The van der Waals surface area contributed by atoms with Crippen LogP contribution in [0.25, 0.3) is 0 Å². The van der Waals surface area contributed by atoms with Gasteiger partial charge in [-0.1, -0.05) is 0 Å². The molecule has 0 saturated heterocycles. The molecule has 0 unspecified atom stereocenters. The summed E-state index contributed by atoms with van der Waals surface area (Å²) in [6, 6.07) is 0. The van der Waals surface area contributed by atoms with Crippen molar-refractivity contribution >= 4 is 29.3 Å². The Bertz CT molecular complexity index is 67.6. The largest absolute Gasteiger partial charge is 1.00 e. The van der Waals surface area contributed by atoms with Gasteiger partial charge in [0.1, 0.15) is 0 Å². The molecule has 0 rings (SSSR count). The van der Waals surface area contributed by atoms with E-state index in [1.807, 2.05) is 0 Å². The smallest absolute Gasteiger partial charge is 1.00 e. The van der Waals surface area contributed by atoms with E-state index in [4.69, 9.17) is 60.3 Å². The Morgan fingerprint density at radius 3 is 0.389 bits per heavy atom. The van der Waals surface area contributed by atoms with Crippen LogP contribution in [0, 0.1) is 0 Å². The average molecular weight is 273 g/mol. The molecule has 0 spiro atoms. The summed E-state index contributed by atoms with van der Waals surface area (Å²) in [7, 11) is -8.67. The third-order valence-corrected chi connectivity index (χ3v) is 0. The molecule has 0 aromatic heterocycles. The monoisotopic (exact) mass is 274 g/mol. The molecule has 0 aromatic rings. The van der Waals surface area contributed by atoms with Gasteiger partial charge in [0.25, 0.3) is 0 Å². The Hall–Kier alpha value is 0.337. The van der Waals surface area contributed by atoms with Crippen molar-refractivity contribution in [1.29, 1.82) is 0 Å². The van der Waals surface area contributed by atoms with Gasteiger partial charge in [0.2, 0.25) is 0 Å². The van der Waals surface area contributed by atoms with Crippen molar-refractivity contribution in [2.24, 2.45) is 0 Å². The van der Waals surface area contributed by atoms with Crippen LogP contribution in [0.2, 0.25) is 0 Å². The Morgan fingerprint density at radius 2 is 0.389 bits per heavy atom. The second-order valence-electron chi connectivity index (χ2n) is 1.39. The van der Waals surface area contributed by atoms with Crippen LogP contribution in [-0.4, -0.2) is 95.0 Å². The van der Waals surface area contributed by atoms with Gasteiger partial charge in [0.05, 0.1) is 0 Å². The van der Waals surface area contributed by atoms with Gasteiger partial charge in [-0.15, -0.1) is 0 Å². The van der Waals surface area contributed by atoms with E-state index >= 15 is 0 Å². The molecule has 0 saturated carbocycles. The summed E-state index contributed by atoms with van der Waals surface area (Å²) in [5.41, 5.74) is 0. The van der Waals surface area contributed by atoms with Crippen LogP contribution < -0.4 is 18.9 Å². The first-order valence-electron chi connectivity index (χ1n) is 3.10. The van der Waals surface area contributed by atoms with Crippen molar-refractivity contribution in [1.82, 2.24) is 0 Å². The zero-order valence-electron chi connectivity index (χ0n) is 10.2. The maximum Gasteiger partial charge on any atom is 1.00 e.